The molecule has 6 nitrogen and oxygen atoms in total. The van der Waals surface area contributed by atoms with Gasteiger partial charge in [0.05, 0.1) is 28.0 Å². The number of H-pyrrole nitrogens is 1. The first kappa shape index (κ1) is 12.0. The SMILES string of the molecule is c1ccc(-n2nnnc2-c2cn[nH]c2-c2cccs2)cc1. The van der Waals surface area contributed by atoms with E-state index in [0.717, 1.165) is 21.8 Å². The summed E-state index contributed by atoms with van der Waals surface area (Å²) in [6.45, 7) is 0. The second kappa shape index (κ2) is 4.95. The van der Waals surface area contributed by atoms with Crippen LogP contribution in [0.5, 0.6) is 0 Å². The first-order valence-corrected chi connectivity index (χ1v) is 7.23. The average Bonchev–Trinajstić information content (AvgIpc) is 3.27. The fourth-order valence-electron chi connectivity index (χ4n) is 2.16. The van der Waals surface area contributed by atoms with Crippen LogP contribution in [0.25, 0.3) is 27.6 Å². The van der Waals surface area contributed by atoms with E-state index in [2.05, 4.69) is 25.7 Å². The summed E-state index contributed by atoms with van der Waals surface area (Å²) in [5.41, 5.74) is 2.72. The largest absolute Gasteiger partial charge is 0.276 e. The molecule has 1 N–H and O–H groups in total. The van der Waals surface area contributed by atoms with Crippen LogP contribution in [-0.4, -0.2) is 30.4 Å². The molecule has 0 fully saturated rings. The smallest absolute Gasteiger partial charge is 0.190 e. The minimum absolute atomic E-state index is 0.665. The number of aromatic nitrogens is 6. The lowest BCUT2D eigenvalue weighted by Gasteiger charge is -2.04. The normalized spacial score (nSPS) is 10.9. The Balaban J connectivity index is 1.87. The Morgan fingerprint density at radius 3 is 2.76 bits per heavy atom. The number of benzene rings is 1. The van der Waals surface area contributed by atoms with Crippen LogP contribution in [0.1, 0.15) is 0 Å². The molecule has 4 aromatic rings. The van der Waals surface area contributed by atoms with E-state index in [-0.39, 0.29) is 0 Å². The number of aromatic amines is 1. The number of nitrogens with one attached hydrogen (secondary N) is 1. The lowest BCUT2D eigenvalue weighted by Crippen LogP contribution is -1.99. The molecule has 0 spiro atoms. The maximum Gasteiger partial charge on any atom is 0.190 e. The van der Waals surface area contributed by atoms with Gasteiger partial charge in [0.15, 0.2) is 5.82 Å². The summed E-state index contributed by atoms with van der Waals surface area (Å²) in [5, 5.41) is 21.2. The van der Waals surface area contributed by atoms with E-state index >= 15 is 0 Å². The lowest BCUT2D eigenvalue weighted by atomic mass is 10.2. The zero-order valence-corrected chi connectivity index (χ0v) is 11.7. The number of hydrogen-bond donors (Lipinski definition) is 1. The van der Waals surface area contributed by atoms with Crippen molar-refractivity contribution in [1.29, 1.82) is 0 Å². The van der Waals surface area contributed by atoms with Gasteiger partial charge in [-0.25, -0.2) is 0 Å². The number of hydrogen-bond acceptors (Lipinski definition) is 5. The van der Waals surface area contributed by atoms with Crippen LogP contribution in [0.15, 0.2) is 54.0 Å². The predicted molar refractivity (Wildman–Crippen MR) is 80.0 cm³/mol. The summed E-state index contributed by atoms with van der Waals surface area (Å²) in [7, 11) is 0. The van der Waals surface area contributed by atoms with Crippen molar-refractivity contribution < 1.29 is 0 Å². The van der Waals surface area contributed by atoms with Crippen LogP contribution in [0.2, 0.25) is 0 Å². The molecule has 0 bridgehead atoms. The van der Waals surface area contributed by atoms with Gasteiger partial charge < -0.3 is 0 Å². The van der Waals surface area contributed by atoms with Crippen LogP contribution in [0, 0.1) is 0 Å². The molecule has 0 unspecified atom stereocenters. The molecule has 3 aromatic heterocycles. The zero-order chi connectivity index (χ0) is 14.1. The van der Waals surface area contributed by atoms with Crippen molar-refractivity contribution in [3.63, 3.8) is 0 Å². The minimum Gasteiger partial charge on any atom is -0.276 e. The standard InChI is InChI=1S/C14H10N6S/c1-2-5-10(6-3-1)20-14(17-18-19-20)11-9-15-16-13(11)12-7-4-8-21-12/h1-9H,(H,15,16). The summed E-state index contributed by atoms with van der Waals surface area (Å²) in [4.78, 5) is 1.10. The molecule has 3 heterocycles. The van der Waals surface area contributed by atoms with E-state index in [0.29, 0.717) is 5.82 Å². The van der Waals surface area contributed by atoms with E-state index in [1.807, 2.05) is 47.8 Å². The molecule has 0 amide bonds. The first-order chi connectivity index (χ1) is 10.4. The molecular formula is C14H10N6S. The molecule has 0 atom stereocenters. The molecule has 0 aliphatic rings. The van der Waals surface area contributed by atoms with Crippen LogP contribution < -0.4 is 0 Å². The molecular weight excluding hydrogens is 284 g/mol. The highest BCUT2D eigenvalue weighted by Crippen LogP contribution is 2.32. The van der Waals surface area contributed by atoms with Crippen LogP contribution in [0.4, 0.5) is 0 Å². The van der Waals surface area contributed by atoms with E-state index in [1.54, 1.807) is 22.2 Å². The van der Waals surface area contributed by atoms with Crippen molar-refractivity contribution in [1.82, 2.24) is 30.4 Å². The Morgan fingerprint density at radius 1 is 1.05 bits per heavy atom. The van der Waals surface area contributed by atoms with Crippen molar-refractivity contribution >= 4 is 11.3 Å². The second-order valence-electron chi connectivity index (χ2n) is 4.39. The van der Waals surface area contributed by atoms with Gasteiger partial charge in [-0.05, 0) is 34.0 Å². The van der Waals surface area contributed by atoms with E-state index < -0.39 is 0 Å². The van der Waals surface area contributed by atoms with Gasteiger partial charge in [-0.2, -0.15) is 9.78 Å². The monoisotopic (exact) mass is 294 g/mol. The second-order valence-corrected chi connectivity index (χ2v) is 5.33. The molecule has 0 saturated carbocycles. The number of para-hydroxylation sites is 1. The molecule has 0 aliphatic carbocycles. The van der Waals surface area contributed by atoms with Gasteiger partial charge in [0, 0.05) is 0 Å². The Hall–Kier alpha value is -2.80. The van der Waals surface area contributed by atoms with Gasteiger partial charge in [-0.1, -0.05) is 24.3 Å². The number of thiophene rings is 1. The van der Waals surface area contributed by atoms with E-state index in [4.69, 9.17) is 0 Å². The van der Waals surface area contributed by atoms with Gasteiger partial charge >= 0.3 is 0 Å². The third-order valence-electron chi connectivity index (χ3n) is 3.12. The number of rotatable bonds is 3. The highest BCUT2D eigenvalue weighted by atomic mass is 32.1. The highest BCUT2D eigenvalue weighted by molar-refractivity contribution is 7.13. The van der Waals surface area contributed by atoms with E-state index in [1.165, 1.54) is 0 Å². The Kier molecular flexibility index (Phi) is 2.82. The van der Waals surface area contributed by atoms with Gasteiger partial charge in [-0.3, -0.25) is 5.10 Å². The number of tetrazole rings is 1. The van der Waals surface area contributed by atoms with Crippen molar-refractivity contribution in [3.05, 3.63) is 54.0 Å². The maximum absolute atomic E-state index is 4.15. The molecule has 4 rings (SSSR count). The first-order valence-electron chi connectivity index (χ1n) is 6.35. The quantitative estimate of drug-likeness (QED) is 0.630. The molecule has 1 aromatic carbocycles. The lowest BCUT2D eigenvalue weighted by molar-refractivity contribution is 0.791. The third kappa shape index (κ3) is 2.03. The molecule has 0 aliphatic heterocycles. The van der Waals surface area contributed by atoms with Crippen LogP contribution in [-0.2, 0) is 0 Å². The molecule has 0 saturated heterocycles. The van der Waals surface area contributed by atoms with E-state index in [9.17, 15) is 0 Å². The Labute approximate surface area is 124 Å². The third-order valence-corrected chi connectivity index (χ3v) is 4.01. The fourth-order valence-corrected chi connectivity index (χ4v) is 2.90. The van der Waals surface area contributed by atoms with Crippen LogP contribution in [0.3, 0.4) is 0 Å². The Bertz CT molecular complexity index is 847. The molecule has 21 heavy (non-hydrogen) atoms. The van der Waals surface area contributed by atoms with Crippen molar-refractivity contribution in [2.75, 3.05) is 0 Å². The molecule has 0 radical (unpaired) electrons. The highest BCUT2D eigenvalue weighted by Gasteiger charge is 2.17. The van der Waals surface area contributed by atoms with Crippen LogP contribution >= 0.6 is 11.3 Å². The topological polar surface area (TPSA) is 72.3 Å². The van der Waals surface area contributed by atoms with Crippen molar-refractivity contribution in [3.8, 4) is 27.6 Å². The molecule has 7 heteroatoms. The number of nitrogens with zero attached hydrogens (tertiary/aromatic N) is 5. The minimum atomic E-state index is 0.665. The fraction of sp³-hybridized carbons (Fsp3) is 0. The van der Waals surface area contributed by atoms with Gasteiger partial charge in [0.1, 0.15) is 0 Å². The Morgan fingerprint density at radius 2 is 1.95 bits per heavy atom. The average molecular weight is 294 g/mol. The summed E-state index contributed by atoms with van der Waals surface area (Å²) < 4.78 is 1.71. The van der Waals surface area contributed by atoms with Crippen molar-refractivity contribution in [2.45, 2.75) is 0 Å². The summed E-state index contributed by atoms with van der Waals surface area (Å²) in [6, 6.07) is 13.8. The summed E-state index contributed by atoms with van der Waals surface area (Å²) in [5.74, 6) is 0.665. The van der Waals surface area contributed by atoms with Crippen molar-refractivity contribution in [2.24, 2.45) is 0 Å². The van der Waals surface area contributed by atoms with Gasteiger partial charge in [0.2, 0.25) is 0 Å². The molecule has 102 valence electrons. The maximum atomic E-state index is 4.15. The summed E-state index contributed by atoms with van der Waals surface area (Å²) >= 11 is 1.64. The van der Waals surface area contributed by atoms with Gasteiger partial charge in [-0.15, -0.1) is 16.4 Å². The van der Waals surface area contributed by atoms with Gasteiger partial charge in [0.25, 0.3) is 0 Å². The zero-order valence-electron chi connectivity index (χ0n) is 10.8. The predicted octanol–water partition coefficient (Wildman–Crippen LogP) is 2.78. The summed E-state index contributed by atoms with van der Waals surface area (Å²) in [6.07, 6.45) is 1.75.